The molecule has 0 saturated heterocycles. The van der Waals surface area contributed by atoms with Gasteiger partial charge in [-0.1, -0.05) is 41.9 Å². The molecule has 4 rings (SSSR count). The van der Waals surface area contributed by atoms with Gasteiger partial charge in [0.2, 0.25) is 5.76 Å². The van der Waals surface area contributed by atoms with Gasteiger partial charge in [-0.2, -0.15) is 0 Å². The number of nitrogens with zero attached hydrogens (tertiary/aromatic N) is 1. The second-order valence-electron chi connectivity index (χ2n) is 6.47. The van der Waals surface area contributed by atoms with Crippen LogP contribution in [0.3, 0.4) is 0 Å². The molecule has 2 heterocycles. The Balaban J connectivity index is 1.38. The van der Waals surface area contributed by atoms with E-state index in [1.165, 1.54) is 34.6 Å². The first-order valence-corrected chi connectivity index (χ1v) is 9.77. The lowest BCUT2D eigenvalue weighted by atomic mass is 10.1. The standard InChI is InChI=1S/C20H19N3O3S/c24-19(16-12-15(23-26-16)13-7-3-1-4-8-13)21-22-20(25)18-11-14-9-5-2-6-10-17(14)27-18/h1,3-4,7-8,11-12H,2,5-6,9-10H2,(H,21,24)(H,22,25). The number of thiophene rings is 1. The van der Waals surface area contributed by atoms with Gasteiger partial charge < -0.3 is 4.52 Å². The number of rotatable bonds is 3. The molecule has 2 N–H and O–H groups in total. The number of nitrogens with one attached hydrogen (secondary N) is 2. The van der Waals surface area contributed by atoms with Crippen LogP contribution in [0.4, 0.5) is 0 Å². The second kappa shape index (κ2) is 7.75. The monoisotopic (exact) mass is 381 g/mol. The largest absolute Gasteiger partial charge is 0.350 e. The second-order valence-corrected chi connectivity index (χ2v) is 7.61. The number of benzene rings is 1. The highest BCUT2D eigenvalue weighted by molar-refractivity contribution is 7.14. The van der Waals surface area contributed by atoms with Crippen LogP contribution in [0.2, 0.25) is 0 Å². The van der Waals surface area contributed by atoms with Crippen molar-refractivity contribution in [3.8, 4) is 11.3 Å². The van der Waals surface area contributed by atoms with Gasteiger partial charge in [0.15, 0.2) is 0 Å². The Kier molecular flexibility index (Phi) is 5.02. The molecule has 1 aromatic carbocycles. The van der Waals surface area contributed by atoms with Gasteiger partial charge in [-0.05, 0) is 37.3 Å². The van der Waals surface area contributed by atoms with Crippen LogP contribution >= 0.6 is 11.3 Å². The first-order chi connectivity index (χ1) is 13.2. The molecule has 138 valence electrons. The molecule has 3 aromatic rings. The molecule has 0 radical (unpaired) electrons. The van der Waals surface area contributed by atoms with E-state index in [0.717, 1.165) is 24.8 Å². The third-order valence-electron chi connectivity index (χ3n) is 4.56. The molecule has 0 bridgehead atoms. The van der Waals surface area contributed by atoms with Crippen molar-refractivity contribution in [1.29, 1.82) is 0 Å². The van der Waals surface area contributed by atoms with Gasteiger partial charge in [-0.15, -0.1) is 11.3 Å². The molecule has 0 fully saturated rings. The molecule has 6 nitrogen and oxygen atoms in total. The molecule has 0 atom stereocenters. The van der Waals surface area contributed by atoms with Crippen molar-refractivity contribution in [2.75, 3.05) is 0 Å². The fourth-order valence-electron chi connectivity index (χ4n) is 3.14. The molecular weight excluding hydrogens is 362 g/mol. The summed E-state index contributed by atoms with van der Waals surface area (Å²) in [5, 5.41) is 3.90. The Hall–Kier alpha value is -2.93. The quantitative estimate of drug-likeness (QED) is 0.535. The van der Waals surface area contributed by atoms with E-state index in [0.29, 0.717) is 10.6 Å². The number of hydrazine groups is 1. The van der Waals surface area contributed by atoms with Crippen molar-refractivity contribution >= 4 is 23.2 Å². The third kappa shape index (κ3) is 3.93. The number of carbonyl (C=O) groups is 2. The number of carbonyl (C=O) groups excluding carboxylic acids is 2. The molecule has 0 saturated carbocycles. The molecule has 1 aliphatic carbocycles. The van der Waals surface area contributed by atoms with Crippen molar-refractivity contribution in [3.05, 3.63) is 63.5 Å². The van der Waals surface area contributed by atoms with Crippen LogP contribution in [0.25, 0.3) is 11.3 Å². The van der Waals surface area contributed by atoms with Crippen molar-refractivity contribution in [2.24, 2.45) is 0 Å². The molecule has 2 amide bonds. The summed E-state index contributed by atoms with van der Waals surface area (Å²) in [6.07, 6.45) is 5.62. The minimum Gasteiger partial charge on any atom is -0.350 e. The van der Waals surface area contributed by atoms with Crippen LogP contribution in [0.15, 0.2) is 47.0 Å². The van der Waals surface area contributed by atoms with Gasteiger partial charge in [-0.3, -0.25) is 20.4 Å². The minimum atomic E-state index is -0.545. The average Bonchev–Trinajstić information content (AvgIpc) is 3.29. The Bertz CT molecular complexity index is 939. The van der Waals surface area contributed by atoms with E-state index in [1.54, 1.807) is 6.07 Å². The van der Waals surface area contributed by atoms with Crippen LogP contribution in [0.1, 0.15) is 49.9 Å². The SMILES string of the molecule is O=C(NNC(=O)c1cc2c(s1)CCCCC2)c1cc(-c2ccccc2)no1. The van der Waals surface area contributed by atoms with Crippen LogP contribution < -0.4 is 10.9 Å². The van der Waals surface area contributed by atoms with Gasteiger partial charge in [-0.25, -0.2) is 0 Å². The van der Waals surface area contributed by atoms with Gasteiger partial charge in [0.05, 0.1) is 4.88 Å². The summed E-state index contributed by atoms with van der Waals surface area (Å²) in [5.41, 5.74) is 7.52. The van der Waals surface area contributed by atoms with Crippen LogP contribution in [0.5, 0.6) is 0 Å². The van der Waals surface area contributed by atoms with Gasteiger partial charge in [0.1, 0.15) is 5.69 Å². The van der Waals surface area contributed by atoms with E-state index in [-0.39, 0.29) is 11.7 Å². The fraction of sp³-hybridized carbons (Fsp3) is 0.250. The maximum Gasteiger partial charge on any atom is 0.308 e. The Morgan fingerprint density at radius 3 is 2.59 bits per heavy atom. The molecule has 7 heteroatoms. The van der Waals surface area contributed by atoms with E-state index in [2.05, 4.69) is 16.0 Å². The zero-order valence-electron chi connectivity index (χ0n) is 14.7. The molecule has 1 aliphatic rings. The lowest BCUT2D eigenvalue weighted by molar-refractivity contribution is 0.0827. The number of aromatic nitrogens is 1. The zero-order chi connectivity index (χ0) is 18.6. The smallest absolute Gasteiger partial charge is 0.308 e. The Morgan fingerprint density at radius 1 is 0.963 bits per heavy atom. The van der Waals surface area contributed by atoms with Crippen molar-refractivity contribution < 1.29 is 14.1 Å². The number of amides is 2. The van der Waals surface area contributed by atoms with E-state index >= 15 is 0 Å². The number of hydrogen-bond donors (Lipinski definition) is 2. The highest BCUT2D eigenvalue weighted by Crippen LogP contribution is 2.28. The molecule has 2 aromatic heterocycles. The van der Waals surface area contributed by atoms with E-state index < -0.39 is 5.91 Å². The van der Waals surface area contributed by atoms with Crippen LogP contribution in [-0.4, -0.2) is 17.0 Å². The van der Waals surface area contributed by atoms with Crippen LogP contribution in [-0.2, 0) is 12.8 Å². The van der Waals surface area contributed by atoms with Gasteiger partial charge >= 0.3 is 5.91 Å². The summed E-state index contributed by atoms with van der Waals surface area (Å²) in [4.78, 5) is 26.5. The predicted octanol–water partition coefficient (Wildman–Crippen LogP) is 3.75. The molecular formula is C20H19N3O3S. The summed E-state index contributed by atoms with van der Waals surface area (Å²) in [5.74, 6) is -0.823. The minimum absolute atomic E-state index is 0.0381. The molecule has 0 aliphatic heterocycles. The van der Waals surface area contributed by atoms with Crippen molar-refractivity contribution in [3.63, 3.8) is 0 Å². The summed E-state index contributed by atoms with van der Waals surface area (Å²) in [7, 11) is 0. The third-order valence-corrected chi connectivity index (χ3v) is 5.80. The lowest BCUT2D eigenvalue weighted by Crippen LogP contribution is -2.41. The Labute approximate surface area is 160 Å². The van der Waals surface area contributed by atoms with E-state index in [9.17, 15) is 9.59 Å². The van der Waals surface area contributed by atoms with Crippen LogP contribution in [0, 0.1) is 0 Å². The van der Waals surface area contributed by atoms with E-state index in [1.807, 2.05) is 36.4 Å². The maximum absolute atomic E-state index is 12.3. The summed E-state index contributed by atoms with van der Waals surface area (Å²) >= 11 is 1.51. The predicted molar refractivity (Wildman–Crippen MR) is 102 cm³/mol. The van der Waals surface area contributed by atoms with E-state index in [4.69, 9.17) is 4.52 Å². The summed E-state index contributed by atoms with van der Waals surface area (Å²) < 4.78 is 5.09. The highest BCUT2D eigenvalue weighted by Gasteiger charge is 2.18. The number of fused-ring (bicyclic) bond motifs is 1. The molecule has 27 heavy (non-hydrogen) atoms. The average molecular weight is 381 g/mol. The zero-order valence-corrected chi connectivity index (χ0v) is 15.5. The number of hydrogen-bond acceptors (Lipinski definition) is 5. The summed E-state index contributed by atoms with van der Waals surface area (Å²) in [6, 6.07) is 12.9. The fourth-order valence-corrected chi connectivity index (χ4v) is 4.29. The topological polar surface area (TPSA) is 84.2 Å². The highest BCUT2D eigenvalue weighted by atomic mass is 32.1. The first kappa shape index (κ1) is 17.5. The first-order valence-electron chi connectivity index (χ1n) is 8.95. The van der Waals surface area contributed by atoms with Gasteiger partial charge in [0.25, 0.3) is 5.91 Å². The summed E-state index contributed by atoms with van der Waals surface area (Å²) in [6.45, 7) is 0. The molecule has 0 spiro atoms. The van der Waals surface area contributed by atoms with Gasteiger partial charge in [0, 0.05) is 16.5 Å². The Morgan fingerprint density at radius 2 is 1.74 bits per heavy atom. The molecule has 0 unspecified atom stereocenters. The normalized spacial score (nSPS) is 13.5. The number of aryl methyl sites for hydroxylation is 2. The maximum atomic E-state index is 12.3. The van der Waals surface area contributed by atoms with Crippen molar-refractivity contribution in [1.82, 2.24) is 16.0 Å². The van der Waals surface area contributed by atoms with Crippen molar-refractivity contribution in [2.45, 2.75) is 32.1 Å². The lowest BCUT2D eigenvalue weighted by Gasteiger charge is -2.03.